The van der Waals surface area contributed by atoms with Gasteiger partial charge < -0.3 is 15.8 Å². The Balaban J connectivity index is 3.95. The van der Waals surface area contributed by atoms with Gasteiger partial charge in [-0.15, -0.1) is 6.58 Å². The van der Waals surface area contributed by atoms with Crippen molar-refractivity contribution in [1.82, 2.24) is 5.32 Å². The highest BCUT2D eigenvalue weighted by Gasteiger charge is 2.15. The number of hydrogen-bond acceptors (Lipinski definition) is 3. The third-order valence-electron chi connectivity index (χ3n) is 1.52. The van der Waals surface area contributed by atoms with E-state index >= 15 is 0 Å². The van der Waals surface area contributed by atoms with E-state index in [1.807, 2.05) is 0 Å². The summed E-state index contributed by atoms with van der Waals surface area (Å²) in [5.41, 5.74) is 5.06. The zero-order valence-corrected chi connectivity index (χ0v) is 8.29. The van der Waals surface area contributed by atoms with Gasteiger partial charge in [0.1, 0.15) is 12.6 Å². The van der Waals surface area contributed by atoms with Crippen molar-refractivity contribution in [3.05, 3.63) is 12.7 Å². The molecule has 0 aromatic carbocycles. The summed E-state index contributed by atoms with van der Waals surface area (Å²) >= 11 is 0. The van der Waals surface area contributed by atoms with Crippen molar-refractivity contribution in [2.75, 3.05) is 13.2 Å². The fourth-order valence-corrected chi connectivity index (χ4v) is 0.844. The van der Waals surface area contributed by atoms with E-state index in [0.29, 0.717) is 13.0 Å². The highest BCUT2D eigenvalue weighted by Crippen LogP contribution is 1.91. The summed E-state index contributed by atoms with van der Waals surface area (Å²) in [6, 6.07) is -0.694. The van der Waals surface area contributed by atoms with Crippen LogP contribution in [0.2, 0.25) is 0 Å². The maximum Gasteiger partial charge on any atom is 0.246 e. The molecule has 1 atom stereocenters. The van der Waals surface area contributed by atoms with Crippen molar-refractivity contribution in [3.63, 3.8) is 0 Å². The smallest absolute Gasteiger partial charge is 0.246 e. The summed E-state index contributed by atoms with van der Waals surface area (Å²) in [7, 11) is 0. The van der Waals surface area contributed by atoms with E-state index in [0.717, 1.165) is 0 Å². The van der Waals surface area contributed by atoms with Crippen molar-refractivity contribution < 1.29 is 14.3 Å². The number of carbonyl (C=O) groups excluding carboxylic acids is 2. The maximum absolute atomic E-state index is 11.1. The van der Waals surface area contributed by atoms with Gasteiger partial charge >= 0.3 is 0 Å². The number of carbonyl (C=O) groups is 2. The number of primary amides is 1. The van der Waals surface area contributed by atoms with Crippen LogP contribution in [0.5, 0.6) is 0 Å². The van der Waals surface area contributed by atoms with Gasteiger partial charge in [-0.3, -0.25) is 9.59 Å². The molecule has 0 aliphatic rings. The van der Waals surface area contributed by atoms with Crippen LogP contribution in [0, 0.1) is 0 Å². The molecule has 0 aromatic heterocycles. The average molecular weight is 200 g/mol. The predicted molar refractivity (Wildman–Crippen MR) is 52.4 cm³/mol. The Morgan fingerprint density at radius 2 is 2.29 bits per heavy atom. The van der Waals surface area contributed by atoms with Crippen molar-refractivity contribution in [1.29, 1.82) is 0 Å². The number of amides is 2. The summed E-state index contributed by atoms with van der Waals surface area (Å²) in [5, 5.41) is 2.44. The summed E-state index contributed by atoms with van der Waals surface area (Å²) in [4.78, 5) is 21.9. The SMILES string of the molecule is C=CC[C@H](NC(=O)COCC)C(N)=O. The molecule has 0 heterocycles. The minimum absolute atomic E-state index is 0.0581. The molecule has 0 bridgehead atoms. The standard InChI is InChI=1S/C9H16N2O3/c1-3-5-7(9(10)13)11-8(12)6-14-4-2/h3,7H,1,4-6H2,2H3,(H2,10,13)(H,11,12)/t7-/m0/s1. The Morgan fingerprint density at radius 3 is 2.71 bits per heavy atom. The molecule has 0 fully saturated rings. The zero-order valence-electron chi connectivity index (χ0n) is 8.29. The molecule has 5 nitrogen and oxygen atoms in total. The molecule has 0 unspecified atom stereocenters. The van der Waals surface area contributed by atoms with E-state index in [-0.39, 0.29) is 12.5 Å². The summed E-state index contributed by atoms with van der Waals surface area (Å²) in [6.45, 7) is 5.64. The van der Waals surface area contributed by atoms with Gasteiger partial charge in [0, 0.05) is 6.61 Å². The summed E-state index contributed by atoms with van der Waals surface area (Å²) < 4.78 is 4.86. The Bertz CT molecular complexity index is 216. The van der Waals surface area contributed by atoms with Gasteiger partial charge in [0.25, 0.3) is 0 Å². The second kappa shape index (κ2) is 7.08. The lowest BCUT2D eigenvalue weighted by Gasteiger charge is -2.12. The molecule has 0 aliphatic heterocycles. The van der Waals surface area contributed by atoms with Crippen LogP contribution in [0.1, 0.15) is 13.3 Å². The van der Waals surface area contributed by atoms with E-state index in [9.17, 15) is 9.59 Å². The normalized spacial score (nSPS) is 11.8. The molecule has 0 aromatic rings. The van der Waals surface area contributed by atoms with Crippen molar-refractivity contribution in [3.8, 4) is 0 Å². The second-order valence-corrected chi connectivity index (χ2v) is 2.68. The molecule has 5 heteroatoms. The van der Waals surface area contributed by atoms with E-state index in [4.69, 9.17) is 10.5 Å². The Labute approximate surface area is 83.3 Å². The van der Waals surface area contributed by atoms with Gasteiger partial charge in [-0.25, -0.2) is 0 Å². The number of ether oxygens (including phenoxy) is 1. The van der Waals surface area contributed by atoms with Crippen LogP contribution >= 0.6 is 0 Å². The lowest BCUT2D eigenvalue weighted by molar-refractivity contribution is -0.130. The molecule has 0 rings (SSSR count). The largest absolute Gasteiger partial charge is 0.372 e. The monoisotopic (exact) mass is 200 g/mol. The highest BCUT2D eigenvalue weighted by molar-refractivity contribution is 5.87. The van der Waals surface area contributed by atoms with Crippen LogP contribution in [-0.4, -0.2) is 31.1 Å². The molecule has 2 amide bonds. The van der Waals surface area contributed by atoms with Crippen LogP contribution in [-0.2, 0) is 14.3 Å². The van der Waals surface area contributed by atoms with Crippen molar-refractivity contribution >= 4 is 11.8 Å². The first-order valence-corrected chi connectivity index (χ1v) is 4.39. The highest BCUT2D eigenvalue weighted by atomic mass is 16.5. The molecular formula is C9H16N2O3. The van der Waals surface area contributed by atoms with Crippen LogP contribution < -0.4 is 11.1 Å². The molecule has 80 valence electrons. The summed E-state index contributed by atoms with van der Waals surface area (Å²) in [5.74, 6) is -0.924. The number of rotatable bonds is 7. The fraction of sp³-hybridized carbons (Fsp3) is 0.556. The van der Waals surface area contributed by atoms with E-state index in [1.165, 1.54) is 6.08 Å². The molecule has 0 saturated carbocycles. The molecule has 0 saturated heterocycles. The van der Waals surface area contributed by atoms with Crippen molar-refractivity contribution in [2.45, 2.75) is 19.4 Å². The minimum atomic E-state index is -0.694. The van der Waals surface area contributed by atoms with Crippen LogP contribution in [0.15, 0.2) is 12.7 Å². The van der Waals surface area contributed by atoms with Gasteiger partial charge in [0.2, 0.25) is 11.8 Å². The summed E-state index contributed by atoms with van der Waals surface area (Å²) in [6.07, 6.45) is 1.85. The Morgan fingerprint density at radius 1 is 1.64 bits per heavy atom. The van der Waals surface area contributed by atoms with Gasteiger partial charge in [-0.2, -0.15) is 0 Å². The minimum Gasteiger partial charge on any atom is -0.372 e. The Hall–Kier alpha value is -1.36. The first-order chi connectivity index (χ1) is 6.61. The van der Waals surface area contributed by atoms with Gasteiger partial charge in [-0.1, -0.05) is 6.08 Å². The van der Waals surface area contributed by atoms with E-state index < -0.39 is 11.9 Å². The fourth-order valence-electron chi connectivity index (χ4n) is 0.844. The first kappa shape index (κ1) is 12.6. The number of hydrogen-bond donors (Lipinski definition) is 2. The quantitative estimate of drug-likeness (QED) is 0.547. The number of nitrogens with one attached hydrogen (secondary N) is 1. The second-order valence-electron chi connectivity index (χ2n) is 2.68. The molecule has 0 aliphatic carbocycles. The van der Waals surface area contributed by atoms with E-state index in [1.54, 1.807) is 6.92 Å². The van der Waals surface area contributed by atoms with Gasteiger partial charge in [0.15, 0.2) is 0 Å². The first-order valence-electron chi connectivity index (χ1n) is 4.39. The van der Waals surface area contributed by atoms with Crippen molar-refractivity contribution in [2.24, 2.45) is 5.73 Å². The van der Waals surface area contributed by atoms with E-state index in [2.05, 4.69) is 11.9 Å². The van der Waals surface area contributed by atoms with Crippen LogP contribution in [0.25, 0.3) is 0 Å². The van der Waals surface area contributed by atoms with Crippen LogP contribution in [0.3, 0.4) is 0 Å². The maximum atomic E-state index is 11.1. The lowest BCUT2D eigenvalue weighted by atomic mass is 10.2. The Kier molecular flexibility index (Phi) is 6.39. The van der Waals surface area contributed by atoms with Gasteiger partial charge in [-0.05, 0) is 13.3 Å². The lowest BCUT2D eigenvalue weighted by Crippen LogP contribution is -2.45. The predicted octanol–water partition coefficient (Wildman–Crippen LogP) is -0.431. The number of nitrogens with two attached hydrogens (primary N) is 1. The van der Waals surface area contributed by atoms with Gasteiger partial charge in [0.05, 0.1) is 0 Å². The third kappa shape index (κ3) is 5.31. The molecule has 0 spiro atoms. The van der Waals surface area contributed by atoms with Crippen LogP contribution in [0.4, 0.5) is 0 Å². The zero-order chi connectivity index (χ0) is 11.0. The molecule has 14 heavy (non-hydrogen) atoms. The molecular weight excluding hydrogens is 184 g/mol. The average Bonchev–Trinajstić information content (AvgIpc) is 2.14. The molecule has 3 N–H and O–H groups in total. The topological polar surface area (TPSA) is 81.4 Å². The molecule has 0 radical (unpaired) electrons. The third-order valence-corrected chi connectivity index (χ3v) is 1.52.